The van der Waals surface area contributed by atoms with Crippen molar-refractivity contribution < 1.29 is 14.7 Å². The quantitative estimate of drug-likeness (QED) is 0.291. The van der Waals surface area contributed by atoms with Gasteiger partial charge >= 0.3 is 0 Å². The number of hydrogen-bond donors (Lipinski definition) is 2. The lowest BCUT2D eigenvalue weighted by Gasteiger charge is -2.40. The number of rotatable bonds is 3. The SMILES string of the molecule is CC(C)(C)OC=O.CN1CCC(/C(N)=N/O)(c2ccccc2)CC1. The Morgan fingerprint density at radius 3 is 2.21 bits per heavy atom. The maximum atomic E-state index is 9.60. The molecule has 0 aromatic heterocycles. The summed E-state index contributed by atoms with van der Waals surface area (Å²) in [7, 11) is 2.10. The molecule has 134 valence electrons. The molecule has 0 unspecified atom stereocenters. The van der Waals surface area contributed by atoms with Crippen LogP contribution in [0.25, 0.3) is 0 Å². The molecule has 0 aliphatic carbocycles. The van der Waals surface area contributed by atoms with E-state index >= 15 is 0 Å². The number of benzene rings is 1. The molecule has 1 aromatic carbocycles. The van der Waals surface area contributed by atoms with Crippen molar-refractivity contribution in [1.29, 1.82) is 0 Å². The number of carbonyl (C=O) groups excluding carboxylic acids is 1. The first-order valence-electron chi connectivity index (χ1n) is 8.09. The minimum atomic E-state index is -0.318. The van der Waals surface area contributed by atoms with E-state index in [4.69, 9.17) is 10.9 Å². The summed E-state index contributed by atoms with van der Waals surface area (Å²) in [4.78, 5) is 11.9. The van der Waals surface area contributed by atoms with Gasteiger partial charge in [0.25, 0.3) is 6.47 Å². The summed E-state index contributed by atoms with van der Waals surface area (Å²) < 4.78 is 4.55. The number of ether oxygens (including phenoxy) is 1. The highest BCUT2D eigenvalue weighted by atomic mass is 16.5. The molecular weight excluding hydrogens is 306 g/mol. The fraction of sp³-hybridized carbons (Fsp3) is 0.556. The van der Waals surface area contributed by atoms with E-state index in [9.17, 15) is 4.79 Å². The molecule has 0 spiro atoms. The summed E-state index contributed by atoms with van der Waals surface area (Å²) in [5.74, 6) is 0.330. The highest BCUT2D eigenvalue weighted by Gasteiger charge is 2.39. The van der Waals surface area contributed by atoms with Crippen molar-refractivity contribution in [3.8, 4) is 0 Å². The van der Waals surface area contributed by atoms with Gasteiger partial charge in [-0.05, 0) is 59.3 Å². The van der Waals surface area contributed by atoms with Crippen LogP contribution < -0.4 is 5.73 Å². The van der Waals surface area contributed by atoms with Gasteiger partial charge in [0.05, 0.1) is 5.41 Å². The fourth-order valence-electron chi connectivity index (χ4n) is 2.69. The monoisotopic (exact) mass is 335 g/mol. The average molecular weight is 335 g/mol. The summed E-state index contributed by atoms with van der Waals surface area (Å²) in [5.41, 5.74) is 6.46. The first-order valence-corrected chi connectivity index (χ1v) is 8.09. The van der Waals surface area contributed by atoms with Crippen LogP contribution in [0.2, 0.25) is 0 Å². The predicted octanol–water partition coefficient (Wildman–Crippen LogP) is 2.35. The van der Waals surface area contributed by atoms with Gasteiger partial charge in [-0.1, -0.05) is 35.5 Å². The zero-order valence-corrected chi connectivity index (χ0v) is 15.0. The highest BCUT2D eigenvalue weighted by molar-refractivity contribution is 5.91. The molecule has 24 heavy (non-hydrogen) atoms. The van der Waals surface area contributed by atoms with Crippen molar-refractivity contribution in [2.75, 3.05) is 20.1 Å². The summed E-state index contributed by atoms with van der Waals surface area (Å²) in [6.07, 6.45) is 1.78. The number of likely N-dealkylation sites (tertiary alicyclic amines) is 1. The Kier molecular flexibility index (Phi) is 7.22. The van der Waals surface area contributed by atoms with Crippen molar-refractivity contribution in [3.05, 3.63) is 35.9 Å². The Morgan fingerprint density at radius 2 is 1.83 bits per heavy atom. The standard InChI is InChI=1S/C13H19N3O.C5H10O2/c1-16-9-7-13(8-10-16,12(14)15-17)11-5-3-2-4-6-11;1-5(2,3)7-4-6/h2-6,17H,7-10H2,1H3,(H2,14,15);4H,1-3H3. The van der Waals surface area contributed by atoms with E-state index in [1.165, 1.54) is 0 Å². The first-order chi connectivity index (χ1) is 11.2. The Hall–Kier alpha value is -2.08. The minimum absolute atomic E-state index is 0.303. The molecule has 3 N–H and O–H groups in total. The van der Waals surface area contributed by atoms with Gasteiger partial charge < -0.3 is 20.6 Å². The maximum absolute atomic E-state index is 9.60. The van der Waals surface area contributed by atoms with E-state index in [1.807, 2.05) is 39.0 Å². The summed E-state index contributed by atoms with van der Waals surface area (Å²) in [6, 6.07) is 10.1. The van der Waals surface area contributed by atoms with Crippen LogP contribution in [0.4, 0.5) is 0 Å². The molecule has 0 radical (unpaired) electrons. The fourth-order valence-corrected chi connectivity index (χ4v) is 2.69. The van der Waals surface area contributed by atoms with Crippen molar-refractivity contribution in [2.45, 2.75) is 44.6 Å². The molecule has 0 bridgehead atoms. The zero-order chi connectivity index (χ0) is 18.2. The third-order valence-corrected chi connectivity index (χ3v) is 4.17. The Morgan fingerprint density at radius 1 is 1.29 bits per heavy atom. The lowest BCUT2D eigenvalue weighted by Crippen LogP contribution is -2.49. The summed E-state index contributed by atoms with van der Waals surface area (Å²) >= 11 is 0. The average Bonchev–Trinajstić information content (AvgIpc) is 2.55. The van der Waals surface area contributed by atoms with E-state index in [2.05, 4.69) is 34.0 Å². The Labute approximate surface area is 144 Å². The highest BCUT2D eigenvalue weighted by Crippen LogP contribution is 2.35. The van der Waals surface area contributed by atoms with Crippen molar-refractivity contribution in [2.24, 2.45) is 10.9 Å². The number of oxime groups is 1. The second kappa shape index (κ2) is 8.68. The normalized spacial score (nSPS) is 18.2. The van der Waals surface area contributed by atoms with Crippen LogP contribution in [0.15, 0.2) is 35.5 Å². The molecular formula is C18H29N3O3. The Balaban J connectivity index is 0.000000351. The van der Waals surface area contributed by atoms with Gasteiger partial charge in [-0.2, -0.15) is 0 Å². The number of carbonyl (C=O) groups is 1. The molecule has 0 saturated carbocycles. The molecule has 1 aliphatic rings. The number of piperidine rings is 1. The molecule has 1 fully saturated rings. The lowest BCUT2D eigenvalue weighted by molar-refractivity contribution is -0.138. The second-order valence-corrected chi connectivity index (χ2v) is 7.06. The molecule has 6 nitrogen and oxygen atoms in total. The molecule has 0 atom stereocenters. The van der Waals surface area contributed by atoms with Gasteiger partial charge in [0.2, 0.25) is 0 Å². The second-order valence-electron chi connectivity index (χ2n) is 7.06. The van der Waals surface area contributed by atoms with E-state index in [0.29, 0.717) is 12.3 Å². The van der Waals surface area contributed by atoms with E-state index in [1.54, 1.807) is 0 Å². The van der Waals surface area contributed by atoms with Crippen molar-refractivity contribution >= 4 is 12.3 Å². The number of amidine groups is 1. The van der Waals surface area contributed by atoms with Crippen molar-refractivity contribution in [1.82, 2.24) is 4.90 Å². The molecule has 1 aromatic rings. The Bertz CT molecular complexity index is 530. The molecule has 1 heterocycles. The third kappa shape index (κ3) is 5.53. The van der Waals surface area contributed by atoms with Crippen LogP contribution in [0.1, 0.15) is 39.2 Å². The van der Waals surface area contributed by atoms with Crippen LogP contribution in [0.3, 0.4) is 0 Å². The largest absolute Gasteiger partial charge is 0.462 e. The van der Waals surface area contributed by atoms with Crippen molar-refractivity contribution in [3.63, 3.8) is 0 Å². The van der Waals surface area contributed by atoms with Crippen LogP contribution in [0, 0.1) is 0 Å². The van der Waals surface area contributed by atoms with E-state index < -0.39 is 0 Å². The van der Waals surface area contributed by atoms with Gasteiger partial charge in [0.15, 0.2) is 0 Å². The maximum Gasteiger partial charge on any atom is 0.293 e. The van der Waals surface area contributed by atoms with E-state index in [-0.39, 0.29) is 11.0 Å². The predicted molar refractivity (Wildman–Crippen MR) is 95.2 cm³/mol. The molecule has 6 heteroatoms. The molecule has 1 aliphatic heterocycles. The van der Waals surface area contributed by atoms with Gasteiger partial charge in [-0.15, -0.1) is 0 Å². The number of hydrogen-bond acceptors (Lipinski definition) is 5. The minimum Gasteiger partial charge on any atom is -0.462 e. The van der Waals surface area contributed by atoms with Crippen LogP contribution >= 0.6 is 0 Å². The topological polar surface area (TPSA) is 88.2 Å². The van der Waals surface area contributed by atoms with Crippen LogP contribution in [-0.2, 0) is 14.9 Å². The third-order valence-electron chi connectivity index (χ3n) is 4.17. The first kappa shape index (κ1) is 20.0. The zero-order valence-electron chi connectivity index (χ0n) is 15.0. The van der Waals surface area contributed by atoms with Crippen LogP contribution in [-0.4, -0.2) is 48.2 Å². The number of nitrogens with two attached hydrogens (primary N) is 1. The van der Waals surface area contributed by atoms with Crippen LogP contribution in [0.5, 0.6) is 0 Å². The number of nitrogens with zero attached hydrogens (tertiary/aromatic N) is 2. The smallest absolute Gasteiger partial charge is 0.293 e. The van der Waals surface area contributed by atoms with Gasteiger partial charge in [-0.3, -0.25) is 4.79 Å². The van der Waals surface area contributed by atoms with Gasteiger partial charge in [-0.25, -0.2) is 0 Å². The lowest BCUT2D eigenvalue weighted by atomic mass is 9.72. The summed E-state index contributed by atoms with van der Waals surface area (Å²) in [5, 5.41) is 12.3. The van der Waals surface area contributed by atoms with E-state index in [0.717, 1.165) is 31.5 Å². The van der Waals surface area contributed by atoms with Gasteiger partial charge in [0, 0.05) is 0 Å². The van der Waals surface area contributed by atoms with Gasteiger partial charge in [0.1, 0.15) is 11.4 Å². The molecule has 0 amide bonds. The molecule has 2 rings (SSSR count). The summed E-state index contributed by atoms with van der Waals surface area (Å²) in [6.45, 7) is 7.85. The molecule has 1 saturated heterocycles.